The molecule has 3 rings (SSSR count). The van der Waals surface area contributed by atoms with Gasteiger partial charge in [0.2, 0.25) is 0 Å². The summed E-state index contributed by atoms with van der Waals surface area (Å²) < 4.78 is 0. The van der Waals surface area contributed by atoms with Crippen molar-refractivity contribution in [1.82, 2.24) is 0 Å². The molecule has 0 heterocycles. The van der Waals surface area contributed by atoms with Crippen LogP contribution in [0.5, 0.6) is 0 Å². The highest BCUT2D eigenvalue weighted by Gasteiger charge is 2.37. The van der Waals surface area contributed by atoms with Crippen molar-refractivity contribution in [2.45, 2.75) is 26.7 Å². The van der Waals surface area contributed by atoms with E-state index >= 15 is 0 Å². The second kappa shape index (κ2) is 6.96. The molecule has 2 aromatic carbocycles. The summed E-state index contributed by atoms with van der Waals surface area (Å²) in [5.41, 5.74) is 3.87. The number of Topliss-reactive ketones (excluding diaryl/α,β-unsaturated/α-hetero) is 2. The predicted octanol–water partition coefficient (Wildman–Crippen LogP) is 5.11. The van der Waals surface area contributed by atoms with Gasteiger partial charge in [0.25, 0.3) is 0 Å². The summed E-state index contributed by atoms with van der Waals surface area (Å²) in [4.78, 5) is 26.0. The van der Waals surface area contributed by atoms with Crippen molar-refractivity contribution in [2.24, 2.45) is 11.8 Å². The van der Waals surface area contributed by atoms with Crippen LogP contribution in [-0.4, -0.2) is 11.6 Å². The van der Waals surface area contributed by atoms with Gasteiger partial charge in [-0.15, -0.1) is 0 Å². The van der Waals surface area contributed by atoms with E-state index in [4.69, 9.17) is 0 Å². The lowest BCUT2D eigenvalue weighted by atomic mass is 9.70. The van der Waals surface area contributed by atoms with Gasteiger partial charge in [-0.05, 0) is 26.7 Å². The van der Waals surface area contributed by atoms with Crippen LogP contribution in [0.3, 0.4) is 0 Å². The molecule has 0 amide bonds. The molecule has 2 atom stereocenters. The molecule has 122 valence electrons. The van der Waals surface area contributed by atoms with Crippen LogP contribution in [0, 0.1) is 11.8 Å². The van der Waals surface area contributed by atoms with Gasteiger partial charge in [-0.25, -0.2) is 0 Å². The molecule has 1 aliphatic rings. The number of hydrogen-bond acceptors (Lipinski definition) is 2. The molecule has 2 aromatic rings. The van der Waals surface area contributed by atoms with Crippen molar-refractivity contribution in [2.75, 3.05) is 0 Å². The molecule has 0 N–H and O–H groups in total. The first kappa shape index (κ1) is 16.4. The summed E-state index contributed by atoms with van der Waals surface area (Å²) in [6.07, 6.45) is 1.34. The van der Waals surface area contributed by atoms with Crippen molar-refractivity contribution in [3.63, 3.8) is 0 Å². The quantitative estimate of drug-likeness (QED) is 0.579. The fraction of sp³-hybridized carbons (Fsp3) is 0.273. The molecule has 24 heavy (non-hydrogen) atoms. The van der Waals surface area contributed by atoms with Crippen molar-refractivity contribution in [1.29, 1.82) is 0 Å². The van der Waals surface area contributed by atoms with E-state index in [2.05, 4.69) is 13.8 Å². The number of rotatable bonds is 4. The summed E-state index contributed by atoms with van der Waals surface area (Å²) in [6, 6.07) is 18.7. The van der Waals surface area contributed by atoms with E-state index < -0.39 is 0 Å². The van der Waals surface area contributed by atoms with E-state index in [0.717, 1.165) is 0 Å². The van der Waals surface area contributed by atoms with Crippen molar-refractivity contribution < 1.29 is 9.59 Å². The fourth-order valence-electron chi connectivity index (χ4n) is 3.48. The molecule has 0 saturated heterocycles. The first-order chi connectivity index (χ1) is 11.6. The molecule has 2 nitrogen and oxygen atoms in total. The standard InChI is InChI=1S/C22H22O2/c1-15-13-19(21(23)17-9-5-3-6-10-17)20(14-16(15)2)22(24)18-11-7-4-8-12-18/h3-12,19-20H,13-14H2,1-2H3/t19-,20-/m0/s1. The van der Waals surface area contributed by atoms with Gasteiger partial charge in [0, 0.05) is 23.0 Å². The third-order valence-corrected chi connectivity index (χ3v) is 5.06. The molecule has 0 fully saturated rings. The number of allylic oxidation sites excluding steroid dienone is 2. The first-order valence-electron chi connectivity index (χ1n) is 8.41. The Morgan fingerprint density at radius 1 is 0.667 bits per heavy atom. The zero-order valence-electron chi connectivity index (χ0n) is 14.2. The Labute approximate surface area is 143 Å². The van der Waals surface area contributed by atoms with Crippen LogP contribution in [0.1, 0.15) is 47.4 Å². The Kier molecular flexibility index (Phi) is 4.75. The Morgan fingerprint density at radius 3 is 1.33 bits per heavy atom. The van der Waals surface area contributed by atoms with E-state index in [1.54, 1.807) is 0 Å². The molecule has 0 saturated carbocycles. The van der Waals surface area contributed by atoms with E-state index in [1.165, 1.54) is 11.1 Å². The number of ketones is 2. The minimum atomic E-state index is -0.274. The number of carbonyl (C=O) groups excluding carboxylic acids is 2. The minimum absolute atomic E-state index is 0.0803. The van der Waals surface area contributed by atoms with E-state index in [9.17, 15) is 9.59 Å². The normalized spacial score (nSPS) is 20.8. The Bertz CT molecular complexity index is 705. The summed E-state index contributed by atoms with van der Waals surface area (Å²) >= 11 is 0. The van der Waals surface area contributed by atoms with Crippen molar-refractivity contribution in [3.05, 3.63) is 82.9 Å². The fourth-order valence-corrected chi connectivity index (χ4v) is 3.48. The summed E-state index contributed by atoms with van der Waals surface area (Å²) in [5.74, 6) is -0.388. The van der Waals surface area contributed by atoms with Gasteiger partial charge in [-0.2, -0.15) is 0 Å². The van der Waals surface area contributed by atoms with Gasteiger partial charge in [0.15, 0.2) is 11.6 Å². The Balaban J connectivity index is 1.95. The van der Waals surface area contributed by atoms with Crippen LogP contribution in [0.25, 0.3) is 0 Å². The highest BCUT2D eigenvalue weighted by Crippen LogP contribution is 2.37. The predicted molar refractivity (Wildman–Crippen MR) is 96.1 cm³/mol. The molecular formula is C22H22O2. The average Bonchev–Trinajstić information content (AvgIpc) is 2.64. The maximum Gasteiger partial charge on any atom is 0.167 e. The van der Waals surface area contributed by atoms with Gasteiger partial charge in [-0.1, -0.05) is 71.8 Å². The molecular weight excluding hydrogens is 296 g/mol. The van der Waals surface area contributed by atoms with Gasteiger partial charge >= 0.3 is 0 Å². The monoisotopic (exact) mass is 318 g/mol. The van der Waals surface area contributed by atoms with Crippen LogP contribution < -0.4 is 0 Å². The van der Waals surface area contributed by atoms with Gasteiger partial charge in [0.1, 0.15) is 0 Å². The van der Waals surface area contributed by atoms with E-state index in [0.29, 0.717) is 24.0 Å². The number of benzene rings is 2. The van der Waals surface area contributed by atoms with Crippen molar-refractivity contribution in [3.8, 4) is 0 Å². The van der Waals surface area contributed by atoms with E-state index in [-0.39, 0.29) is 23.4 Å². The second-order valence-electron chi connectivity index (χ2n) is 6.64. The number of carbonyl (C=O) groups is 2. The second-order valence-corrected chi connectivity index (χ2v) is 6.64. The SMILES string of the molecule is CC1=C(C)C[C@H](C(=O)c2ccccc2)[C@@H](C(=O)c2ccccc2)C1. The zero-order chi connectivity index (χ0) is 17.1. The highest BCUT2D eigenvalue weighted by molar-refractivity contribution is 6.05. The third-order valence-electron chi connectivity index (χ3n) is 5.06. The molecule has 1 aliphatic carbocycles. The molecule has 2 heteroatoms. The zero-order valence-corrected chi connectivity index (χ0v) is 14.2. The van der Waals surface area contributed by atoms with Gasteiger partial charge in [-0.3, -0.25) is 9.59 Å². The highest BCUT2D eigenvalue weighted by atomic mass is 16.1. The summed E-state index contributed by atoms with van der Waals surface area (Å²) in [5, 5.41) is 0. The average molecular weight is 318 g/mol. The first-order valence-corrected chi connectivity index (χ1v) is 8.41. The molecule has 0 radical (unpaired) electrons. The lowest BCUT2D eigenvalue weighted by Gasteiger charge is -2.31. The Hall–Kier alpha value is -2.48. The van der Waals surface area contributed by atoms with Crippen LogP contribution in [0.2, 0.25) is 0 Å². The maximum atomic E-state index is 13.0. The van der Waals surface area contributed by atoms with Crippen LogP contribution in [0.4, 0.5) is 0 Å². The van der Waals surface area contributed by atoms with Crippen LogP contribution >= 0.6 is 0 Å². The molecule has 0 bridgehead atoms. The topological polar surface area (TPSA) is 34.1 Å². The van der Waals surface area contributed by atoms with Crippen LogP contribution in [0.15, 0.2) is 71.8 Å². The van der Waals surface area contributed by atoms with Crippen LogP contribution in [-0.2, 0) is 0 Å². The summed E-state index contributed by atoms with van der Waals surface area (Å²) in [7, 11) is 0. The number of hydrogen-bond donors (Lipinski definition) is 0. The van der Waals surface area contributed by atoms with Crippen molar-refractivity contribution >= 4 is 11.6 Å². The molecule has 0 aliphatic heterocycles. The molecule has 0 aromatic heterocycles. The van der Waals surface area contributed by atoms with Gasteiger partial charge < -0.3 is 0 Å². The minimum Gasteiger partial charge on any atom is -0.294 e. The maximum absolute atomic E-state index is 13.0. The lowest BCUT2D eigenvalue weighted by molar-refractivity contribution is 0.0753. The van der Waals surface area contributed by atoms with Gasteiger partial charge in [0.05, 0.1) is 0 Å². The smallest absolute Gasteiger partial charge is 0.167 e. The lowest BCUT2D eigenvalue weighted by Crippen LogP contribution is -2.33. The van der Waals surface area contributed by atoms with E-state index in [1.807, 2.05) is 60.7 Å². The molecule has 0 spiro atoms. The largest absolute Gasteiger partial charge is 0.294 e. The summed E-state index contributed by atoms with van der Waals surface area (Å²) in [6.45, 7) is 4.15. The molecule has 0 unspecified atom stereocenters. The Morgan fingerprint density at radius 2 is 1.00 bits per heavy atom. The third kappa shape index (κ3) is 3.23.